The monoisotopic (exact) mass is 313 g/mol. The highest BCUT2D eigenvalue weighted by Gasteiger charge is 2.08. The summed E-state index contributed by atoms with van der Waals surface area (Å²) in [6.45, 7) is 0.605. The summed E-state index contributed by atoms with van der Waals surface area (Å²) in [5.74, 6) is -1.07. The van der Waals surface area contributed by atoms with E-state index in [1.165, 1.54) is 13.2 Å². The van der Waals surface area contributed by atoms with Gasteiger partial charge in [-0.2, -0.15) is 0 Å². The molecule has 0 spiro atoms. The lowest BCUT2D eigenvalue weighted by Gasteiger charge is -2.10. The van der Waals surface area contributed by atoms with E-state index in [-0.39, 0.29) is 12.5 Å². The Morgan fingerprint density at radius 2 is 2.19 bits per heavy atom. The summed E-state index contributed by atoms with van der Waals surface area (Å²) in [5.41, 5.74) is 0.409. The molecule has 0 saturated carbocycles. The van der Waals surface area contributed by atoms with E-state index in [9.17, 15) is 9.59 Å². The third-order valence-corrected chi connectivity index (χ3v) is 2.72. The zero-order valence-corrected chi connectivity index (χ0v) is 12.2. The number of amides is 1. The van der Waals surface area contributed by atoms with Gasteiger partial charge in [-0.15, -0.1) is 0 Å². The van der Waals surface area contributed by atoms with Crippen LogP contribution in [0.4, 0.5) is 0 Å². The molecule has 0 saturated heterocycles. The zero-order valence-electron chi connectivity index (χ0n) is 11.5. The fourth-order valence-corrected chi connectivity index (χ4v) is 1.68. The number of carbonyl (C=O) groups is 2. The molecule has 1 aromatic carbocycles. The number of carboxylic acids is 1. The molecule has 0 unspecified atom stereocenters. The van der Waals surface area contributed by atoms with Crippen molar-refractivity contribution in [3.05, 3.63) is 34.9 Å². The van der Waals surface area contributed by atoms with E-state index in [4.69, 9.17) is 26.2 Å². The van der Waals surface area contributed by atoms with Crippen LogP contribution in [0.3, 0.4) is 0 Å². The molecule has 7 heteroatoms. The normalized spacial score (nSPS) is 10.6. The molecule has 0 bridgehead atoms. The molecule has 0 aliphatic rings. The van der Waals surface area contributed by atoms with Crippen LogP contribution in [-0.4, -0.2) is 43.9 Å². The average Bonchev–Trinajstić information content (AvgIpc) is 2.44. The van der Waals surface area contributed by atoms with Gasteiger partial charge < -0.3 is 19.9 Å². The van der Waals surface area contributed by atoms with E-state index < -0.39 is 5.97 Å². The SMILES string of the molecule is COCCNC(=O)COc1cccc(Cl)c1/C=C/C(=O)O. The van der Waals surface area contributed by atoms with Crippen molar-refractivity contribution in [2.45, 2.75) is 0 Å². The summed E-state index contributed by atoms with van der Waals surface area (Å²) in [6, 6.07) is 4.86. The van der Waals surface area contributed by atoms with E-state index in [2.05, 4.69) is 5.32 Å². The molecule has 0 atom stereocenters. The molecule has 0 aliphatic heterocycles. The van der Waals surface area contributed by atoms with Crippen LogP contribution >= 0.6 is 11.6 Å². The molecule has 1 amide bonds. The first-order valence-electron chi connectivity index (χ1n) is 6.12. The van der Waals surface area contributed by atoms with Gasteiger partial charge in [-0.1, -0.05) is 17.7 Å². The first kappa shape index (κ1) is 17.0. The van der Waals surface area contributed by atoms with Crippen LogP contribution in [0.25, 0.3) is 6.08 Å². The maximum Gasteiger partial charge on any atom is 0.328 e. The van der Waals surface area contributed by atoms with Crippen molar-refractivity contribution in [3.8, 4) is 5.75 Å². The van der Waals surface area contributed by atoms with Gasteiger partial charge in [-0.25, -0.2) is 4.79 Å². The molecule has 2 N–H and O–H groups in total. The topological polar surface area (TPSA) is 84.9 Å². The van der Waals surface area contributed by atoms with E-state index in [1.807, 2.05) is 0 Å². The summed E-state index contributed by atoms with van der Waals surface area (Å²) in [6.07, 6.45) is 2.27. The molecule has 0 heterocycles. The number of rotatable bonds is 8. The lowest BCUT2D eigenvalue weighted by Crippen LogP contribution is -2.31. The molecule has 1 aromatic rings. The van der Waals surface area contributed by atoms with Crippen molar-refractivity contribution in [1.29, 1.82) is 0 Å². The molecular weight excluding hydrogens is 298 g/mol. The van der Waals surface area contributed by atoms with Gasteiger partial charge in [0.25, 0.3) is 5.91 Å². The van der Waals surface area contributed by atoms with Gasteiger partial charge in [0.15, 0.2) is 6.61 Å². The minimum atomic E-state index is -1.10. The van der Waals surface area contributed by atoms with Crippen molar-refractivity contribution < 1.29 is 24.2 Å². The standard InChI is InChI=1S/C14H16ClNO5/c1-20-8-7-16-13(17)9-21-12-4-2-3-11(15)10(12)5-6-14(18)19/h2-6H,7-9H2,1H3,(H,16,17)(H,18,19)/b6-5+. The molecule has 0 radical (unpaired) electrons. The second-order valence-corrected chi connectivity index (χ2v) is 4.36. The van der Waals surface area contributed by atoms with Gasteiger partial charge in [0.05, 0.1) is 11.6 Å². The second-order valence-electron chi connectivity index (χ2n) is 3.95. The van der Waals surface area contributed by atoms with E-state index in [1.54, 1.807) is 18.2 Å². The quantitative estimate of drug-likeness (QED) is 0.562. The molecule has 21 heavy (non-hydrogen) atoms. The minimum Gasteiger partial charge on any atom is -0.483 e. The van der Waals surface area contributed by atoms with Crippen molar-refractivity contribution in [2.75, 3.05) is 26.9 Å². The van der Waals surface area contributed by atoms with Crippen molar-refractivity contribution >= 4 is 29.6 Å². The lowest BCUT2D eigenvalue weighted by atomic mass is 10.2. The third kappa shape index (κ3) is 6.29. The van der Waals surface area contributed by atoms with Crippen LogP contribution in [0.1, 0.15) is 5.56 Å². The largest absolute Gasteiger partial charge is 0.483 e. The first-order chi connectivity index (χ1) is 10.0. The Bertz CT molecular complexity index is 530. The van der Waals surface area contributed by atoms with E-state index in [0.717, 1.165) is 6.08 Å². The molecule has 0 aromatic heterocycles. The predicted molar refractivity (Wildman–Crippen MR) is 78.5 cm³/mol. The van der Waals surface area contributed by atoms with Crippen molar-refractivity contribution in [1.82, 2.24) is 5.32 Å². The summed E-state index contributed by atoms with van der Waals surface area (Å²) < 4.78 is 10.2. The average molecular weight is 314 g/mol. The third-order valence-electron chi connectivity index (χ3n) is 2.39. The Balaban J connectivity index is 2.68. The Hall–Kier alpha value is -2.05. The van der Waals surface area contributed by atoms with Gasteiger partial charge in [-0.3, -0.25) is 4.79 Å². The number of carbonyl (C=O) groups excluding carboxylic acids is 1. The highest BCUT2D eigenvalue weighted by molar-refractivity contribution is 6.32. The molecule has 0 aliphatic carbocycles. The number of ether oxygens (including phenoxy) is 2. The number of halogens is 1. The molecule has 114 valence electrons. The number of aliphatic carboxylic acids is 1. The summed E-state index contributed by atoms with van der Waals surface area (Å²) >= 11 is 5.99. The predicted octanol–water partition coefficient (Wildman–Crippen LogP) is 1.58. The number of methoxy groups -OCH3 is 1. The fraction of sp³-hybridized carbons (Fsp3) is 0.286. The van der Waals surface area contributed by atoms with Crippen molar-refractivity contribution in [2.24, 2.45) is 0 Å². The Morgan fingerprint density at radius 3 is 2.86 bits per heavy atom. The van der Waals surface area contributed by atoms with Gasteiger partial charge in [0, 0.05) is 25.3 Å². The van der Waals surface area contributed by atoms with Gasteiger partial charge in [0.1, 0.15) is 5.75 Å². The number of nitrogens with one attached hydrogen (secondary N) is 1. The Labute approximate surface area is 127 Å². The summed E-state index contributed by atoms with van der Waals surface area (Å²) in [5, 5.41) is 11.6. The van der Waals surface area contributed by atoms with E-state index in [0.29, 0.717) is 29.5 Å². The maximum absolute atomic E-state index is 11.5. The maximum atomic E-state index is 11.5. The summed E-state index contributed by atoms with van der Waals surface area (Å²) in [7, 11) is 1.54. The van der Waals surface area contributed by atoms with Crippen molar-refractivity contribution in [3.63, 3.8) is 0 Å². The smallest absolute Gasteiger partial charge is 0.328 e. The van der Waals surface area contributed by atoms with Crippen LogP contribution in [0.5, 0.6) is 5.75 Å². The van der Waals surface area contributed by atoms with Gasteiger partial charge >= 0.3 is 5.97 Å². The van der Waals surface area contributed by atoms with Crippen LogP contribution in [0.2, 0.25) is 5.02 Å². The zero-order chi connectivity index (χ0) is 15.7. The number of benzene rings is 1. The Kier molecular flexibility index (Phi) is 7.28. The first-order valence-corrected chi connectivity index (χ1v) is 6.50. The Morgan fingerprint density at radius 1 is 1.43 bits per heavy atom. The molecule has 6 nitrogen and oxygen atoms in total. The number of hydrogen-bond acceptors (Lipinski definition) is 4. The van der Waals surface area contributed by atoms with Crippen LogP contribution < -0.4 is 10.1 Å². The minimum absolute atomic E-state index is 0.196. The lowest BCUT2D eigenvalue weighted by molar-refractivity contribution is -0.131. The van der Waals surface area contributed by atoms with Crippen LogP contribution in [0.15, 0.2) is 24.3 Å². The molecule has 0 fully saturated rings. The molecular formula is C14H16ClNO5. The van der Waals surface area contributed by atoms with Gasteiger partial charge in [-0.05, 0) is 18.2 Å². The summed E-state index contributed by atoms with van der Waals surface area (Å²) in [4.78, 5) is 22.1. The van der Waals surface area contributed by atoms with Crippen LogP contribution in [0, 0.1) is 0 Å². The number of hydrogen-bond donors (Lipinski definition) is 2. The van der Waals surface area contributed by atoms with Gasteiger partial charge in [0.2, 0.25) is 0 Å². The fourth-order valence-electron chi connectivity index (χ4n) is 1.45. The highest BCUT2D eigenvalue weighted by atomic mass is 35.5. The second kappa shape index (κ2) is 8.99. The number of carboxylic acid groups (broad SMARTS) is 1. The molecule has 1 rings (SSSR count). The van der Waals surface area contributed by atoms with E-state index >= 15 is 0 Å². The van der Waals surface area contributed by atoms with Crippen LogP contribution in [-0.2, 0) is 14.3 Å². The highest BCUT2D eigenvalue weighted by Crippen LogP contribution is 2.27.